The molecular formula is C12H16BrNO. The molecule has 2 nitrogen and oxygen atoms in total. The van der Waals surface area contributed by atoms with Crippen LogP contribution >= 0.6 is 15.9 Å². The average molecular weight is 270 g/mol. The summed E-state index contributed by atoms with van der Waals surface area (Å²) in [5.74, 6) is 0. The first-order valence-corrected chi connectivity index (χ1v) is 6.10. The lowest BCUT2D eigenvalue weighted by Crippen LogP contribution is -2.35. The molecule has 0 atom stereocenters. The monoisotopic (exact) mass is 269 g/mol. The molecule has 0 aliphatic carbocycles. The molecule has 0 bridgehead atoms. The highest BCUT2D eigenvalue weighted by molar-refractivity contribution is 9.10. The topological polar surface area (TPSA) is 12.5 Å². The second kappa shape index (κ2) is 5.10. The fourth-order valence-electron chi connectivity index (χ4n) is 1.81. The Labute approximate surface area is 99.4 Å². The minimum absolute atomic E-state index is 0.868. The third kappa shape index (κ3) is 3.03. The zero-order valence-corrected chi connectivity index (χ0v) is 10.6. The van der Waals surface area contributed by atoms with Crippen molar-refractivity contribution in [2.24, 2.45) is 0 Å². The Bertz CT molecular complexity index is 334. The molecule has 15 heavy (non-hydrogen) atoms. The molecule has 1 fully saturated rings. The molecule has 82 valence electrons. The number of hydrogen-bond acceptors (Lipinski definition) is 2. The summed E-state index contributed by atoms with van der Waals surface area (Å²) in [6.45, 7) is 7.04. The van der Waals surface area contributed by atoms with Gasteiger partial charge in [0.2, 0.25) is 0 Å². The quantitative estimate of drug-likeness (QED) is 0.819. The Hall–Kier alpha value is -0.380. The zero-order valence-electron chi connectivity index (χ0n) is 9.00. The number of hydrogen-bond donors (Lipinski definition) is 0. The van der Waals surface area contributed by atoms with E-state index < -0.39 is 0 Å². The van der Waals surface area contributed by atoms with E-state index in [4.69, 9.17) is 4.74 Å². The Morgan fingerprint density at radius 1 is 1.33 bits per heavy atom. The van der Waals surface area contributed by atoms with Crippen LogP contribution in [0.3, 0.4) is 0 Å². The summed E-state index contributed by atoms with van der Waals surface area (Å²) >= 11 is 3.52. The van der Waals surface area contributed by atoms with Crippen molar-refractivity contribution in [2.45, 2.75) is 13.5 Å². The highest BCUT2D eigenvalue weighted by atomic mass is 79.9. The lowest BCUT2D eigenvalue weighted by molar-refractivity contribution is 0.0341. The van der Waals surface area contributed by atoms with E-state index in [2.05, 4.69) is 46.0 Å². The van der Waals surface area contributed by atoms with Gasteiger partial charge in [-0.2, -0.15) is 0 Å². The molecule has 1 aromatic rings. The van der Waals surface area contributed by atoms with E-state index in [1.54, 1.807) is 0 Å². The third-order valence-corrected chi connectivity index (χ3v) is 3.30. The molecule has 1 aliphatic rings. The molecule has 0 aromatic heterocycles. The summed E-state index contributed by atoms with van der Waals surface area (Å²) in [7, 11) is 0. The van der Waals surface area contributed by atoms with Crippen LogP contribution in [-0.2, 0) is 11.3 Å². The van der Waals surface area contributed by atoms with Crippen molar-refractivity contribution in [3.63, 3.8) is 0 Å². The Morgan fingerprint density at radius 3 is 2.80 bits per heavy atom. The predicted octanol–water partition coefficient (Wildman–Crippen LogP) is 2.59. The van der Waals surface area contributed by atoms with E-state index in [1.165, 1.54) is 11.1 Å². The molecule has 2 rings (SSSR count). The summed E-state index contributed by atoms with van der Waals surface area (Å²) in [6, 6.07) is 6.48. The van der Waals surface area contributed by atoms with Gasteiger partial charge in [-0.1, -0.05) is 22.0 Å². The van der Waals surface area contributed by atoms with Gasteiger partial charge in [0.1, 0.15) is 0 Å². The first-order valence-electron chi connectivity index (χ1n) is 5.31. The summed E-state index contributed by atoms with van der Waals surface area (Å²) in [4.78, 5) is 2.44. The van der Waals surface area contributed by atoms with Crippen molar-refractivity contribution >= 4 is 15.9 Å². The standard InChI is InChI=1S/C12H16BrNO/c1-10-2-3-12(13)8-11(10)9-14-4-6-15-7-5-14/h2-3,8H,4-7,9H2,1H3. The number of nitrogens with zero attached hydrogens (tertiary/aromatic N) is 1. The second-order valence-electron chi connectivity index (χ2n) is 3.96. The van der Waals surface area contributed by atoms with Crippen molar-refractivity contribution in [3.05, 3.63) is 33.8 Å². The maximum absolute atomic E-state index is 5.34. The van der Waals surface area contributed by atoms with Gasteiger partial charge >= 0.3 is 0 Å². The maximum Gasteiger partial charge on any atom is 0.0594 e. The van der Waals surface area contributed by atoms with Crippen LogP contribution in [0.15, 0.2) is 22.7 Å². The highest BCUT2D eigenvalue weighted by Gasteiger charge is 2.11. The van der Waals surface area contributed by atoms with Gasteiger partial charge in [-0.15, -0.1) is 0 Å². The van der Waals surface area contributed by atoms with Crippen molar-refractivity contribution in [1.29, 1.82) is 0 Å². The van der Waals surface area contributed by atoms with Crippen molar-refractivity contribution in [2.75, 3.05) is 26.3 Å². The molecule has 1 heterocycles. The number of morpholine rings is 1. The van der Waals surface area contributed by atoms with Crippen LogP contribution in [0.2, 0.25) is 0 Å². The minimum atomic E-state index is 0.868. The largest absolute Gasteiger partial charge is 0.379 e. The molecule has 1 aromatic carbocycles. The summed E-state index contributed by atoms with van der Waals surface area (Å²) in [5, 5.41) is 0. The van der Waals surface area contributed by atoms with Crippen molar-refractivity contribution in [1.82, 2.24) is 4.90 Å². The number of aryl methyl sites for hydroxylation is 1. The van der Waals surface area contributed by atoms with Crippen LogP contribution in [0, 0.1) is 6.92 Å². The van der Waals surface area contributed by atoms with Crippen LogP contribution in [0.5, 0.6) is 0 Å². The SMILES string of the molecule is Cc1ccc(Br)cc1CN1CCOCC1. The smallest absolute Gasteiger partial charge is 0.0594 e. The molecule has 0 saturated carbocycles. The molecule has 0 radical (unpaired) electrons. The van der Waals surface area contributed by atoms with E-state index in [9.17, 15) is 0 Å². The number of benzene rings is 1. The molecule has 0 amide bonds. The first kappa shape index (κ1) is 11.1. The average Bonchev–Trinajstić information content (AvgIpc) is 2.25. The fourth-order valence-corrected chi connectivity index (χ4v) is 2.22. The van der Waals surface area contributed by atoms with Crippen LogP contribution in [0.4, 0.5) is 0 Å². The van der Waals surface area contributed by atoms with Crippen LogP contribution in [0.1, 0.15) is 11.1 Å². The molecule has 1 aliphatic heterocycles. The highest BCUT2D eigenvalue weighted by Crippen LogP contribution is 2.18. The Balaban J connectivity index is 2.05. The summed E-state index contributed by atoms with van der Waals surface area (Å²) in [5.41, 5.74) is 2.77. The van der Waals surface area contributed by atoms with Crippen molar-refractivity contribution in [3.8, 4) is 0 Å². The Morgan fingerprint density at radius 2 is 2.07 bits per heavy atom. The lowest BCUT2D eigenvalue weighted by Gasteiger charge is -2.27. The number of rotatable bonds is 2. The lowest BCUT2D eigenvalue weighted by atomic mass is 10.1. The molecule has 1 saturated heterocycles. The van der Waals surface area contributed by atoms with Crippen LogP contribution < -0.4 is 0 Å². The predicted molar refractivity (Wildman–Crippen MR) is 65.0 cm³/mol. The molecular weight excluding hydrogens is 254 g/mol. The van der Waals surface area contributed by atoms with Crippen LogP contribution in [0.25, 0.3) is 0 Å². The summed E-state index contributed by atoms with van der Waals surface area (Å²) in [6.07, 6.45) is 0. The van der Waals surface area contributed by atoms with Gasteiger partial charge in [-0.3, -0.25) is 4.90 Å². The molecule has 3 heteroatoms. The van der Waals surface area contributed by atoms with E-state index in [1.807, 2.05) is 0 Å². The van der Waals surface area contributed by atoms with E-state index in [0.29, 0.717) is 0 Å². The Kier molecular flexibility index (Phi) is 3.78. The normalized spacial score (nSPS) is 18.0. The van der Waals surface area contributed by atoms with Gasteiger partial charge in [0.15, 0.2) is 0 Å². The van der Waals surface area contributed by atoms with Crippen LogP contribution in [-0.4, -0.2) is 31.2 Å². The van der Waals surface area contributed by atoms with Gasteiger partial charge in [0.05, 0.1) is 13.2 Å². The van der Waals surface area contributed by atoms with Gasteiger partial charge in [-0.05, 0) is 30.2 Å². The summed E-state index contributed by atoms with van der Waals surface area (Å²) < 4.78 is 6.50. The number of halogens is 1. The minimum Gasteiger partial charge on any atom is -0.379 e. The van der Waals surface area contributed by atoms with Gasteiger partial charge in [0.25, 0.3) is 0 Å². The maximum atomic E-state index is 5.34. The molecule has 0 spiro atoms. The fraction of sp³-hybridized carbons (Fsp3) is 0.500. The second-order valence-corrected chi connectivity index (χ2v) is 4.88. The first-order chi connectivity index (χ1) is 7.25. The van der Waals surface area contributed by atoms with Gasteiger partial charge < -0.3 is 4.74 Å². The third-order valence-electron chi connectivity index (χ3n) is 2.81. The number of ether oxygens (including phenoxy) is 1. The zero-order chi connectivity index (χ0) is 10.7. The van der Waals surface area contributed by atoms with E-state index in [0.717, 1.165) is 37.3 Å². The molecule has 0 unspecified atom stereocenters. The van der Waals surface area contributed by atoms with E-state index >= 15 is 0 Å². The van der Waals surface area contributed by atoms with E-state index in [-0.39, 0.29) is 0 Å². The molecule has 0 N–H and O–H groups in total. The van der Waals surface area contributed by atoms with Crippen molar-refractivity contribution < 1.29 is 4.74 Å². The van der Waals surface area contributed by atoms with Gasteiger partial charge in [0, 0.05) is 24.1 Å². The van der Waals surface area contributed by atoms with Gasteiger partial charge in [-0.25, -0.2) is 0 Å².